The summed E-state index contributed by atoms with van der Waals surface area (Å²) in [5, 5.41) is 3.90. The Morgan fingerprint density at radius 2 is 2.11 bits per heavy atom. The van der Waals surface area contributed by atoms with Crippen molar-refractivity contribution in [1.82, 2.24) is 19.7 Å². The third-order valence-corrected chi connectivity index (χ3v) is 3.11. The Kier molecular flexibility index (Phi) is 3.79. The number of hydrogen-bond acceptors (Lipinski definition) is 4. The van der Waals surface area contributed by atoms with Gasteiger partial charge in [0.25, 0.3) is 0 Å². The summed E-state index contributed by atoms with van der Waals surface area (Å²) in [7, 11) is 1.78. The minimum atomic E-state index is -0.0405. The molecule has 0 saturated heterocycles. The molecule has 2 aromatic rings. The Labute approximate surface area is 111 Å². The lowest BCUT2D eigenvalue weighted by atomic mass is 10.1. The molecule has 1 amide bonds. The number of aromatic nitrogens is 3. The first-order chi connectivity index (χ1) is 9.08. The van der Waals surface area contributed by atoms with Gasteiger partial charge in [0.1, 0.15) is 12.9 Å². The largest absolute Gasteiger partial charge is 0.367 e. The minimum Gasteiger partial charge on any atom is -0.367 e. The highest BCUT2D eigenvalue weighted by molar-refractivity contribution is 5.76. The van der Waals surface area contributed by atoms with Gasteiger partial charge in [-0.25, -0.2) is 9.67 Å². The summed E-state index contributed by atoms with van der Waals surface area (Å²) in [5.41, 5.74) is 6.51. The smallest absolute Gasteiger partial charge is 0.244 e. The molecule has 6 heteroatoms. The van der Waals surface area contributed by atoms with Crippen molar-refractivity contribution in [3.63, 3.8) is 0 Å². The Hall–Kier alpha value is -2.37. The number of anilines is 1. The second kappa shape index (κ2) is 5.51. The van der Waals surface area contributed by atoms with Crippen molar-refractivity contribution in [3.8, 4) is 0 Å². The number of amides is 1. The molecule has 19 heavy (non-hydrogen) atoms. The van der Waals surface area contributed by atoms with Gasteiger partial charge in [0.15, 0.2) is 0 Å². The van der Waals surface area contributed by atoms with E-state index >= 15 is 0 Å². The van der Waals surface area contributed by atoms with E-state index in [9.17, 15) is 4.79 Å². The first-order valence-corrected chi connectivity index (χ1v) is 6.03. The molecule has 6 nitrogen and oxygen atoms in total. The van der Waals surface area contributed by atoms with E-state index < -0.39 is 0 Å². The number of nitrogens with zero attached hydrogens (tertiary/aromatic N) is 4. The molecular weight excluding hydrogens is 242 g/mol. The lowest BCUT2D eigenvalue weighted by Crippen LogP contribution is -2.32. The van der Waals surface area contributed by atoms with E-state index in [0.29, 0.717) is 0 Å². The van der Waals surface area contributed by atoms with Crippen LogP contribution < -0.4 is 5.73 Å². The van der Waals surface area contributed by atoms with Crippen molar-refractivity contribution in [2.45, 2.75) is 19.5 Å². The van der Waals surface area contributed by atoms with Gasteiger partial charge in [-0.2, -0.15) is 0 Å². The molecule has 1 aromatic heterocycles. The van der Waals surface area contributed by atoms with Crippen LogP contribution in [0.5, 0.6) is 0 Å². The van der Waals surface area contributed by atoms with Crippen molar-refractivity contribution in [1.29, 1.82) is 0 Å². The number of likely N-dealkylation sites (N-methyl/N-ethyl adjacent to an activating group) is 1. The second-order valence-corrected chi connectivity index (χ2v) is 4.39. The van der Waals surface area contributed by atoms with Crippen LogP contribution in [0.3, 0.4) is 0 Å². The van der Waals surface area contributed by atoms with Crippen molar-refractivity contribution in [3.05, 3.63) is 42.2 Å². The van der Waals surface area contributed by atoms with Gasteiger partial charge >= 0.3 is 0 Å². The van der Waals surface area contributed by atoms with E-state index in [1.807, 2.05) is 37.3 Å². The Morgan fingerprint density at radius 3 is 2.68 bits per heavy atom. The van der Waals surface area contributed by atoms with Crippen LogP contribution in [0.1, 0.15) is 18.5 Å². The third kappa shape index (κ3) is 3.09. The van der Waals surface area contributed by atoms with Gasteiger partial charge in [0.2, 0.25) is 11.9 Å². The SMILES string of the molecule is CC(c1ccccc1)N(C)C(=O)Cn1cnc(N)n1. The van der Waals surface area contributed by atoms with Crippen molar-refractivity contribution in [2.24, 2.45) is 0 Å². The molecule has 0 aliphatic carbocycles. The molecular formula is C13H17N5O. The summed E-state index contributed by atoms with van der Waals surface area (Å²) in [6, 6.07) is 9.89. The maximum atomic E-state index is 12.1. The summed E-state index contributed by atoms with van der Waals surface area (Å²) < 4.78 is 1.44. The molecule has 0 aliphatic rings. The van der Waals surface area contributed by atoms with Crippen LogP contribution in [0.15, 0.2) is 36.7 Å². The highest BCUT2D eigenvalue weighted by Crippen LogP contribution is 2.18. The highest BCUT2D eigenvalue weighted by Gasteiger charge is 2.17. The Morgan fingerprint density at radius 1 is 1.42 bits per heavy atom. The Bertz CT molecular complexity index is 551. The van der Waals surface area contributed by atoms with E-state index in [1.54, 1.807) is 11.9 Å². The zero-order chi connectivity index (χ0) is 13.8. The van der Waals surface area contributed by atoms with Gasteiger partial charge in [0.05, 0.1) is 6.04 Å². The number of carbonyl (C=O) groups is 1. The fourth-order valence-electron chi connectivity index (χ4n) is 1.81. The number of benzene rings is 1. The van der Waals surface area contributed by atoms with Crippen LogP contribution >= 0.6 is 0 Å². The fraction of sp³-hybridized carbons (Fsp3) is 0.308. The zero-order valence-electron chi connectivity index (χ0n) is 11.0. The number of carbonyl (C=O) groups excluding carboxylic acids is 1. The molecule has 100 valence electrons. The molecule has 0 bridgehead atoms. The average molecular weight is 259 g/mol. The number of hydrogen-bond donors (Lipinski definition) is 1. The zero-order valence-corrected chi connectivity index (χ0v) is 11.0. The van der Waals surface area contributed by atoms with Crippen LogP contribution in [0.25, 0.3) is 0 Å². The molecule has 1 atom stereocenters. The number of nitrogens with two attached hydrogens (primary N) is 1. The maximum absolute atomic E-state index is 12.1. The third-order valence-electron chi connectivity index (χ3n) is 3.11. The van der Waals surface area contributed by atoms with Gasteiger partial charge in [-0.15, -0.1) is 5.10 Å². The first kappa shape index (κ1) is 13.1. The molecule has 0 saturated carbocycles. The normalized spacial score (nSPS) is 12.1. The predicted octanol–water partition coefficient (Wildman–Crippen LogP) is 1.08. The quantitative estimate of drug-likeness (QED) is 0.891. The second-order valence-electron chi connectivity index (χ2n) is 4.39. The molecule has 0 fully saturated rings. The Balaban J connectivity index is 2.03. The highest BCUT2D eigenvalue weighted by atomic mass is 16.2. The molecule has 1 aromatic carbocycles. The number of nitrogen functional groups attached to an aromatic ring is 1. The molecule has 2 N–H and O–H groups in total. The van der Waals surface area contributed by atoms with Crippen molar-refractivity contribution >= 4 is 11.9 Å². The summed E-state index contributed by atoms with van der Waals surface area (Å²) >= 11 is 0. The standard InChI is InChI=1S/C13H17N5O/c1-10(11-6-4-3-5-7-11)17(2)12(19)8-18-9-15-13(14)16-18/h3-7,9-10H,8H2,1-2H3,(H2,14,16). The van der Waals surface area contributed by atoms with Gasteiger partial charge < -0.3 is 10.6 Å². The monoisotopic (exact) mass is 259 g/mol. The molecule has 0 radical (unpaired) electrons. The van der Waals surface area contributed by atoms with E-state index in [1.165, 1.54) is 11.0 Å². The van der Waals surface area contributed by atoms with Crippen LogP contribution in [-0.4, -0.2) is 32.6 Å². The van der Waals surface area contributed by atoms with Crippen molar-refractivity contribution in [2.75, 3.05) is 12.8 Å². The number of rotatable bonds is 4. The van der Waals surface area contributed by atoms with Crippen LogP contribution in [-0.2, 0) is 11.3 Å². The van der Waals surface area contributed by atoms with Crippen molar-refractivity contribution < 1.29 is 4.79 Å². The van der Waals surface area contributed by atoms with Crippen LogP contribution in [0, 0.1) is 0 Å². The molecule has 0 aliphatic heterocycles. The van der Waals surface area contributed by atoms with Crippen LogP contribution in [0.4, 0.5) is 5.95 Å². The topological polar surface area (TPSA) is 77.0 Å². The van der Waals surface area contributed by atoms with E-state index in [4.69, 9.17) is 5.73 Å². The van der Waals surface area contributed by atoms with Gasteiger partial charge in [-0.3, -0.25) is 4.79 Å². The van der Waals surface area contributed by atoms with E-state index in [-0.39, 0.29) is 24.4 Å². The summed E-state index contributed by atoms with van der Waals surface area (Å²) in [6.07, 6.45) is 1.45. The van der Waals surface area contributed by atoms with Gasteiger partial charge in [-0.05, 0) is 12.5 Å². The van der Waals surface area contributed by atoms with E-state index in [0.717, 1.165) is 5.56 Å². The molecule has 1 heterocycles. The molecule has 2 rings (SSSR count). The predicted molar refractivity (Wildman–Crippen MR) is 72.1 cm³/mol. The minimum absolute atomic E-state index is 0.00886. The van der Waals surface area contributed by atoms with Gasteiger partial charge in [0, 0.05) is 7.05 Å². The van der Waals surface area contributed by atoms with Gasteiger partial charge in [-0.1, -0.05) is 30.3 Å². The summed E-state index contributed by atoms with van der Waals surface area (Å²) in [6.45, 7) is 2.13. The summed E-state index contributed by atoms with van der Waals surface area (Å²) in [5.74, 6) is 0.132. The maximum Gasteiger partial charge on any atom is 0.244 e. The fourth-order valence-corrected chi connectivity index (χ4v) is 1.81. The first-order valence-electron chi connectivity index (χ1n) is 6.03. The molecule has 0 spiro atoms. The van der Waals surface area contributed by atoms with E-state index in [2.05, 4.69) is 10.1 Å². The lowest BCUT2D eigenvalue weighted by molar-refractivity contribution is -0.132. The van der Waals surface area contributed by atoms with Crippen LogP contribution in [0.2, 0.25) is 0 Å². The average Bonchev–Trinajstić information content (AvgIpc) is 2.83. The lowest BCUT2D eigenvalue weighted by Gasteiger charge is -2.25. The molecule has 1 unspecified atom stereocenters. The summed E-state index contributed by atoms with van der Waals surface area (Å²) in [4.78, 5) is 17.6.